The van der Waals surface area contributed by atoms with Crippen molar-refractivity contribution in [3.8, 4) is 0 Å². The van der Waals surface area contributed by atoms with Crippen LogP contribution in [0, 0.1) is 0 Å². The van der Waals surface area contributed by atoms with Gasteiger partial charge in [-0.05, 0) is 26.1 Å². The van der Waals surface area contributed by atoms with Gasteiger partial charge in [-0.1, -0.05) is 32.9 Å². The number of β-lactam (4-membered cyclic amide) rings is 1. The van der Waals surface area contributed by atoms with Gasteiger partial charge in [0, 0.05) is 5.38 Å². The molecule has 176 valence electrons. The smallest absolute Gasteiger partial charge is 0.362 e. The van der Waals surface area contributed by atoms with Crippen LogP contribution in [0.1, 0.15) is 39.8 Å². The van der Waals surface area contributed by atoms with Crippen molar-refractivity contribution in [2.24, 2.45) is 5.16 Å². The minimum absolute atomic E-state index is 0.156. The number of carbonyl (C=O) groups is 2. The third-order valence-corrected chi connectivity index (χ3v) is 6.25. The van der Waals surface area contributed by atoms with Crippen molar-refractivity contribution >= 4 is 44.3 Å². The lowest BCUT2D eigenvalue weighted by molar-refractivity contribution is -0.144. The zero-order valence-electron chi connectivity index (χ0n) is 18.2. The number of aromatic nitrogens is 1. The molecule has 0 bridgehead atoms. The fraction of sp³-hybridized carbons (Fsp3) is 0.647. The Balaban J connectivity index is 0.000000592. The Kier molecular flexibility index (Phi) is 10.3. The maximum absolute atomic E-state index is 12.3. The Bertz CT molecular complexity index is 878. The van der Waals surface area contributed by atoms with Crippen LogP contribution >= 0.6 is 11.3 Å². The second kappa shape index (κ2) is 11.9. The molecule has 1 saturated heterocycles. The van der Waals surface area contributed by atoms with Gasteiger partial charge in [-0.15, -0.1) is 11.3 Å². The first-order chi connectivity index (χ1) is 14.5. The van der Waals surface area contributed by atoms with Gasteiger partial charge >= 0.3 is 10.3 Å². The highest BCUT2D eigenvalue weighted by molar-refractivity contribution is 7.84. The number of nitrogen functional groups attached to an aromatic ring is 1. The highest BCUT2D eigenvalue weighted by Crippen LogP contribution is 2.26. The zero-order chi connectivity index (χ0) is 23.8. The first kappa shape index (κ1) is 26.7. The number of amides is 2. The number of anilines is 1. The van der Waals surface area contributed by atoms with Gasteiger partial charge in [-0.25, -0.2) is 9.29 Å². The van der Waals surface area contributed by atoms with Crippen molar-refractivity contribution in [1.29, 1.82) is 0 Å². The summed E-state index contributed by atoms with van der Waals surface area (Å²) in [6, 6.07) is -2.00. The molecule has 0 unspecified atom stereocenters. The molecule has 0 radical (unpaired) electrons. The van der Waals surface area contributed by atoms with E-state index in [2.05, 4.69) is 46.0 Å². The van der Waals surface area contributed by atoms with Crippen LogP contribution in [0.15, 0.2) is 10.5 Å². The molecule has 1 aromatic heterocycles. The monoisotopic (exact) mass is 478 g/mol. The third kappa shape index (κ3) is 6.85. The Labute approximate surface area is 186 Å². The van der Waals surface area contributed by atoms with E-state index < -0.39 is 34.2 Å². The lowest BCUT2D eigenvalue weighted by atomic mass is 9.96. The highest BCUT2D eigenvalue weighted by Gasteiger charge is 2.53. The molecule has 2 amide bonds. The van der Waals surface area contributed by atoms with Crippen molar-refractivity contribution in [2.45, 2.75) is 46.2 Å². The van der Waals surface area contributed by atoms with Crippen LogP contribution in [0.2, 0.25) is 0 Å². The van der Waals surface area contributed by atoms with Crippen LogP contribution in [0.4, 0.5) is 5.13 Å². The Morgan fingerprint density at radius 1 is 1.35 bits per heavy atom. The molecule has 0 spiro atoms. The topological polar surface area (TPSA) is 168 Å². The van der Waals surface area contributed by atoms with E-state index in [1.54, 1.807) is 6.92 Å². The van der Waals surface area contributed by atoms with Crippen LogP contribution in [-0.2, 0) is 24.7 Å². The number of carbonyl (C=O) groups excluding carboxylic acids is 2. The molecule has 1 aromatic rings. The average Bonchev–Trinajstić information content (AvgIpc) is 3.14. The summed E-state index contributed by atoms with van der Waals surface area (Å²) in [6.07, 6.45) is 0.205. The molecule has 12 nitrogen and oxygen atoms in total. The van der Waals surface area contributed by atoms with Crippen LogP contribution in [-0.4, -0.2) is 83.5 Å². The summed E-state index contributed by atoms with van der Waals surface area (Å²) >= 11 is 1.09. The van der Waals surface area contributed by atoms with Gasteiger partial charge in [-0.2, -0.15) is 8.42 Å². The predicted molar refractivity (Wildman–Crippen MR) is 118 cm³/mol. The molecule has 0 aromatic carbocycles. The molecule has 0 saturated carbocycles. The van der Waals surface area contributed by atoms with E-state index in [0.29, 0.717) is 4.31 Å². The number of nitrogens with two attached hydrogens (primary N) is 1. The van der Waals surface area contributed by atoms with Crippen LogP contribution < -0.4 is 11.1 Å². The Hall–Kier alpha value is -2.29. The number of nitrogens with one attached hydrogen (secondary N) is 1. The molecule has 1 aliphatic heterocycles. The largest absolute Gasteiger partial charge is 0.398 e. The number of rotatable bonds is 9. The molecule has 14 heteroatoms. The van der Waals surface area contributed by atoms with Gasteiger partial charge in [0.2, 0.25) is 0 Å². The molecular formula is C17H30N6O6S2. The second-order valence-corrected chi connectivity index (χ2v) is 8.53. The van der Waals surface area contributed by atoms with E-state index in [9.17, 15) is 18.0 Å². The van der Waals surface area contributed by atoms with Gasteiger partial charge in [0.15, 0.2) is 10.8 Å². The molecule has 0 aliphatic carbocycles. The van der Waals surface area contributed by atoms with Crippen LogP contribution in [0.5, 0.6) is 0 Å². The van der Waals surface area contributed by atoms with Gasteiger partial charge in [-0.3, -0.25) is 14.1 Å². The third-order valence-electron chi connectivity index (χ3n) is 4.63. The minimum Gasteiger partial charge on any atom is -0.398 e. The predicted octanol–water partition coefficient (Wildman–Crippen LogP) is 0.332. The summed E-state index contributed by atoms with van der Waals surface area (Å²) in [5.41, 5.74) is 5.45. The molecule has 2 heterocycles. The van der Waals surface area contributed by atoms with Crippen molar-refractivity contribution < 1.29 is 27.4 Å². The van der Waals surface area contributed by atoms with Crippen molar-refractivity contribution in [2.75, 3.05) is 32.5 Å². The number of thiazole rings is 1. The second-order valence-electron chi connectivity index (χ2n) is 6.35. The molecule has 4 N–H and O–H groups in total. The van der Waals surface area contributed by atoms with E-state index >= 15 is 0 Å². The summed E-state index contributed by atoms with van der Waals surface area (Å²) in [7, 11) is -3.45. The molecule has 31 heavy (non-hydrogen) atoms. The summed E-state index contributed by atoms with van der Waals surface area (Å²) in [6.45, 7) is 11.7. The maximum atomic E-state index is 12.3. The number of nitrogens with zero attached hydrogens (tertiary/aromatic N) is 4. The van der Waals surface area contributed by atoms with E-state index in [4.69, 9.17) is 10.3 Å². The Morgan fingerprint density at radius 2 is 1.94 bits per heavy atom. The lowest BCUT2D eigenvalue weighted by Crippen LogP contribution is -2.72. The summed E-state index contributed by atoms with van der Waals surface area (Å²) in [5.74, 6) is -1.72. The SMILES string of the molecule is CCN(CC)CC.CC[C@H]1[C@H](NC(=O)/C(=N\OC)c2csc(N)n2)C(=O)N1S(=O)(=O)O. The lowest BCUT2D eigenvalue weighted by Gasteiger charge is -2.43. The first-order valence-electron chi connectivity index (χ1n) is 9.71. The van der Waals surface area contributed by atoms with Crippen LogP contribution in [0.25, 0.3) is 0 Å². The van der Waals surface area contributed by atoms with Gasteiger partial charge in [0.05, 0.1) is 6.04 Å². The van der Waals surface area contributed by atoms with Gasteiger partial charge < -0.3 is 20.8 Å². The van der Waals surface area contributed by atoms with Crippen molar-refractivity contribution in [3.05, 3.63) is 11.1 Å². The van der Waals surface area contributed by atoms with Crippen LogP contribution in [0.3, 0.4) is 0 Å². The molecule has 1 fully saturated rings. The zero-order valence-corrected chi connectivity index (χ0v) is 19.9. The van der Waals surface area contributed by atoms with E-state index in [-0.39, 0.29) is 23.0 Å². The highest BCUT2D eigenvalue weighted by atomic mass is 32.2. The standard InChI is InChI=1S/C11H15N5O6S2.C6H15N/c1-3-6-8(10(18)16(6)24(19,20)21)14-9(17)7(15-22-2)5-4-23-11(12)13-5;1-4-7(5-2)6-3/h4,6,8H,3H2,1-2H3,(H2,12,13)(H,14,17)(H,19,20,21);4-6H2,1-3H3/b15-7-;/t6-,8-;/m0./s1. The van der Waals surface area contributed by atoms with Crippen molar-refractivity contribution in [1.82, 2.24) is 19.5 Å². The fourth-order valence-corrected chi connectivity index (χ4v) is 4.44. The summed E-state index contributed by atoms with van der Waals surface area (Å²) in [5, 5.41) is 7.63. The molecule has 2 rings (SSSR count). The van der Waals surface area contributed by atoms with E-state index in [0.717, 1.165) is 11.3 Å². The molecule has 2 atom stereocenters. The fourth-order valence-electron chi connectivity index (χ4n) is 2.94. The molecule has 1 aliphatic rings. The number of oxime groups is 1. The van der Waals surface area contributed by atoms with Gasteiger partial charge in [0.1, 0.15) is 18.8 Å². The van der Waals surface area contributed by atoms with Crippen molar-refractivity contribution in [3.63, 3.8) is 0 Å². The first-order valence-corrected chi connectivity index (χ1v) is 12.0. The van der Waals surface area contributed by atoms with E-state index in [1.165, 1.54) is 32.1 Å². The minimum atomic E-state index is -4.67. The maximum Gasteiger partial charge on any atom is 0.362 e. The number of hydrogen-bond acceptors (Lipinski definition) is 10. The average molecular weight is 479 g/mol. The van der Waals surface area contributed by atoms with E-state index in [1.807, 2.05) is 0 Å². The quantitative estimate of drug-likeness (QED) is 0.196. The van der Waals surface area contributed by atoms with Gasteiger partial charge in [0.25, 0.3) is 11.8 Å². The Morgan fingerprint density at radius 3 is 2.29 bits per heavy atom. The number of hydrogen-bond donors (Lipinski definition) is 3. The summed E-state index contributed by atoms with van der Waals surface area (Å²) < 4.78 is 31.7. The summed E-state index contributed by atoms with van der Waals surface area (Å²) in [4.78, 5) is 35.1. The normalized spacial score (nSPS) is 18.9. The molecular weight excluding hydrogens is 448 g/mol.